The molecule has 3 aliphatic rings. The van der Waals surface area contributed by atoms with Gasteiger partial charge in [0.25, 0.3) is 0 Å². The van der Waals surface area contributed by atoms with Crippen LogP contribution in [-0.2, 0) is 9.53 Å². The molecule has 0 amide bonds. The molecule has 1 heterocycles. The number of aliphatic hydroxyl groups is 3. The van der Waals surface area contributed by atoms with E-state index in [4.69, 9.17) is 4.74 Å². The molecule has 2 saturated carbocycles. The first-order valence-electron chi connectivity index (χ1n) is 9.26. The lowest BCUT2D eigenvalue weighted by Crippen LogP contribution is -2.57. The second-order valence-corrected chi connectivity index (χ2v) is 8.54. The molecule has 1 saturated heterocycles. The quantitative estimate of drug-likeness (QED) is 0.411. The predicted octanol–water partition coefficient (Wildman–Crippen LogP) is 1.96. The number of hydrogen-bond donors (Lipinski definition) is 3. The third-order valence-corrected chi connectivity index (χ3v) is 7.23. The van der Waals surface area contributed by atoms with Crippen LogP contribution in [0.15, 0.2) is 23.8 Å². The zero-order valence-electron chi connectivity index (χ0n) is 15.2. The normalized spacial score (nSPS) is 46.2. The maximum Gasteiger partial charge on any atom is 0.336 e. The van der Waals surface area contributed by atoms with Gasteiger partial charge in [0.15, 0.2) is 0 Å². The second kappa shape index (κ2) is 6.53. The summed E-state index contributed by atoms with van der Waals surface area (Å²) in [5.74, 6) is -0.0734. The van der Waals surface area contributed by atoms with Crippen molar-refractivity contribution in [2.24, 2.45) is 22.7 Å². The Kier molecular flexibility index (Phi) is 4.86. The number of ether oxygens (including phenoxy) is 1. The number of carbonyl (C=O) groups is 1. The minimum Gasteiger partial charge on any atom is -0.459 e. The first-order valence-corrected chi connectivity index (χ1v) is 9.26. The summed E-state index contributed by atoms with van der Waals surface area (Å²) in [5.41, 5.74) is 0.911. The highest BCUT2D eigenvalue weighted by Crippen LogP contribution is 2.61. The van der Waals surface area contributed by atoms with Gasteiger partial charge in [-0.25, -0.2) is 4.79 Å². The van der Waals surface area contributed by atoms with E-state index in [0.717, 1.165) is 24.8 Å². The largest absolute Gasteiger partial charge is 0.459 e. The van der Waals surface area contributed by atoms with Crippen molar-refractivity contribution in [1.82, 2.24) is 0 Å². The van der Waals surface area contributed by atoms with Crippen molar-refractivity contribution in [2.45, 2.75) is 58.2 Å². The Morgan fingerprint density at radius 2 is 2.04 bits per heavy atom. The van der Waals surface area contributed by atoms with E-state index >= 15 is 0 Å². The molecule has 3 N–H and O–H groups in total. The Balaban J connectivity index is 1.89. The summed E-state index contributed by atoms with van der Waals surface area (Å²) >= 11 is 0. The van der Waals surface area contributed by atoms with Gasteiger partial charge in [-0.05, 0) is 49.4 Å². The van der Waals surface area contributed by atoms with Gasteiger partial charge in [-0.3, -0.25) is 0 Å². The number of allylic oxidation sites excluding steroid dienone is 2. The van der Waals surface area contributed by atoms with Crippen molar-refractivity contribution in [3.05, 3.63) is 23.8 Å². The summed E-state index contributed by atoms with van der Waals surface area (Å²) in [6.07, 6.45) is 4.42. The third-order valence-electron chi connectivity index (χ3n) is 7.23. The summed E-state index contributed by atoms with van der Waals surface area (Å²) in [6, 6.07) is 0. The van der Waals surface area contributed by atoms with Crippen LogP contribution in [0.1, 0.15) is 46.0 Å². The average Bonchev–Trinajstić information content (AvgIpc) is 2.89. The molecule has 3 rings (SSSR count). The smallest absolute Gasteiger partial charge is 0.336 e. The molecule has 5 nitrogen and oxygen atoms in total. The lowest BCUT2D eigenvalue weighted by atomic mass is 9.46. The molecule has 5 heteroatoms. The fourth-order valence-corrected chi connectivity index (χ4v) is 5.56. The first kappa shape index (κ1) is 18.6. The standard InChI is InChI=1S/C20H30O5/c1-12-4-7-16-19(2,9-8-17(23)20(16,3)11-21)14(12)6-5-13-15(22)10-25-18(13)24/h5,14-17,21-23H,1,4,6-11H2,2-3H3/b13-5-/t14-,15+,16+,17-,19-,20-/m0/s1. The average molecular weight is 350 g/mol. The van der Waals surface area contributed by atoms with Crippen LogP contribution in [0.5, 0.6) is 0 Å². The van der Waals surface area contributed by atoms with Gasteiger partial charge in [0.2, 0.25) is 0 Å². The molecule has 140 valence electrons. The second-order valence-electron chi connectivity index (χ2n) is 8.54. The molecule has 0 spiro atoms. The van der Waals surface area contributed by atoms with Gasteiger partial charge in [-0.1, -0.05) is 32.1 Å². The van der Waals surface area contributed by atoms with Crippen molar-refractivity contribution >= 4 is 5.97 Å². The van der Waals surface area contributed by atoms with Crippen molar-refractivity contribution < 1.29 is 24.9 Å². The maximum atomic E-state index is 11.8. The van der Waals surface area contributed by atoms with E-state index in [-0.39, 0.29) is 30.5 Å². The van der Waals surface area contributed by atoms with Gasteiger partial charge >= 0.3 is 5.97 Å². The van der Waals surface area contributed by atoms with Crippen molar-refractivity contribution in [1.29, 1.82) is 0 Å². The van der Waals surface area contributed by atoms with Crippen LogP contribution in [0.25, 0.3) is 0 Å². The molecule has 1 aliphatic heterocycles. The van der Waals surface area contributed by atoms with Crippen molar-refractivity contribution in [3.8, 4) is 0 Å². The van der Waals surface area contributed by atoms with Gasteiger partial charge in [0.1, 0.15) is 12.7 Å². The van der Waals surface area contributed by atoms with Crippen LogP contribution < -0.4 is 0 Å². The van der Waals surface area contributed by atoms with Gasteiger partial charge in [0.05, 0.1) is 18.3 Å². The number of aliphatic hydroxyl groups excluding tert-OH is 3. The van der Waals surface area contributed by atoms with Gasteiger partial charge in [-0.2, -0.15) is 0 Å². The summed E-state index contributed by atoms with van der Waals surface area (Å²) in [4.78, 5) is 11.8. The molecular formula is C20H30O5. The molecule has 2 aliphatic carbocycles. The summed E-state index contributed by atoms with van der Waals surface area (Å²) in [7, 11) is 0. The van der Waals surface area contributed by atoms with Crippen LogP contribution in [0, 0.1) is 22.7 Å². The lowest BCUT2D eigenvalue weighted by molar-refractivity contribution is -0.151. The van der Waals surface area contributed by atoms with Crippen LogP contribution in [0.3, 0.4) is 0 Å². The van der Waals surface area contributed by atoms with Gasteiger partial charge < -0.3 is 20.1 Å². The van der Waals surface area contributed by atoms with Crippen LogP contribution in [-0.4, -0.2) is 46.7 Å². The van der Waals surface area contributed by atoms with Crippen LogP contribution in [0.4, 0.5) is 0 Å². The number of esters is 1. The Morgan fingerprint density at radius 3 is 2.64 bits per heavy atom. The number of fused-ring (bicyclic) bond motifs is 1. The number of cyclic esters (lactones) is 1. The minimum absolute atomic E-state index is 0.0280. The number of carbonyl (C=O) groups excluding carboxylic acids is 1. The Morgan fingerprint density at radius 1 is 1.32 bits per heavy atom. The SMILES string of the molecule is C=C1CC[C@H]2[C@](C)(CO)[C@@H](O)CC[C@@]2(C)[C@H]1C/C=C1\C(=O)OC[C@H]1O. The van der Waals surface area contributed by atoms with Crippen LogP contribution in [0.2, 0.25) is 0 Å². The van der Waals surface area contributed by atoms with E-state index in [1.807, 2.05) is 13.0 Å². The molecule has 0 aromatic carbocycles. The molecule has 0 bridgehead atoms. The van der Waals surface area contributed by atoms with E-state index in [2.05, 4.69) is 13.5 Å². The van der Waals surface area contributed by atoms with Crippen molar-refractivity contribution in [2.75, 3.05) is 13.2 Å². The van der Waals surface area contributed by atoms with E-state index in [1.54, 1.807) is 0 Å². The predicted molar refractivity (Wildman–Crippen MR) is 93.6 cm³/mol. The number of hydrogen-bond acceptors (Lipinski definition) is 5. The van der Waals surface area contributed by atoms with Crippen LogP contribution >= 0.6 is 0 Å². The molecule has 6 atom stereocenters. The van der Waals surface area contributed by atoms with E-state index < -0.39 is 23.6 Å². The highest BCUT2D eigenvalue weighted by atomic mass is 16.6. The highest BCUT2D eigenvalue weighted by molar-refractivity contribution is 5.91. The first-order chi connectivity index (χ1) is 11.7. The zero-order valence-corrected chi connectivity index (χ0v) is 15.2. The Hall–Kier alpha value is -1.17. The molecule has 3 fully saturated rings. The monoisotopic (exact) mass is 350 g/mol. The molecular weight excluding hydrogens is 320 g/mol. The lowest BCUT2D eigenvalue weighted by Gasteiger charge is -2.59. The van der Waals surface area contributed by atoms with E-state index in [9.17, 15) is 20.1 Å². The maximum absolute atomic E-state index is 11.8. The minimum atomic E-state index is -0.844. The summed E-state index contributed by atoms with van der Waals surface area (Å²) < 4.78 is 4.90. The van der Waals surface area contributed by atoms with Crippen molar-refractivity contribution in [3.63, 3.8) is 0 Å². The van der Waals surface area contributed by atoms with Gasteiger partial charge in [0, 0.05) is 5.41 Å². The van der Waals surface area contributed by atoms with Gasteiger partial charge in [-0.15, -0.1) is 0 Å². The van der Waals surface area contributed by atoms with E-state index in [1.165, 1.54) is 0 Å². The molecule has 0 radical (unpaired) electrons. The Labute approximate surface area is 149 Å². The highest BCUT2D eigenvalue weighted by Gasteiger charge is 2.57. The third kappa shape index (κ3) is 2.86. The summed E-state index contributed by atoms with van der Waals surface area (Å²) in [6.45, 7) is 8.50. The summed E-state index contributed by atoms with van der Waals surface area (Å²) in [5, 5.41) is 30.4. The molecule has 0 aromatic heterocycles. The fourth-order valence-electron chi connectivity index (χ4n) is 5.56. The number of rotatable bonds is 3. The zero-order chi connectivity index (χ0) is 18.4. The fraction of sp³-hybridized carbons (Fsp3) is 0.750. The molecule has 0 unspecified atom stereocenters. The van der Waals surface area contributed by atoms with E-state index in [0.29, 0.717) is 18.4 Å². The Bertz CT molecular complexity index is 597. The topological polar surface area (TPSA) is 87.0 Å². The molecule has 25 heavy (non-hydrogen) atoms. The molecule has 0 aromatic rings.